The first-order valence-electron chi connectivity index (χ1n) is 7.90. The number of rotatable bonds is 3. The van der Waals surface area contributed by atoms with E-state index in [4.69, 9.17) is 4.74 Å². The third-order valence-corrected chi connectivity index (χ3v) is 6.02. The van der Waals surface area contributed by atoms with Gasteiger partial charge in [0.25, 0.3) is 0 Å². The zero-order valence-corrected chi connectivity index (χ0v) is 14.5. The summed E-state index contributed by atoms with van der Waals surface area (Å²) in [6.07, 6.45) is -0.660. The molecule has 1 aromatic rings. The van der Waals surface area contributed by atoms with E-state index in [0.717, 1.165) is 0 Å². The molecule has 0 aromatic heterocycles. The molecule has 2 amide bonds. The second-order valence-electron chi connectivity index (χ2n) is 6.08. The molecule has 1 saturated heterocycles. The number of amides is 2. The third kappa shape index (κ3) is 3.51. The van der Waals surface area contributed by atoms with Crippen LogP contribution in [0.25, 0.3) is 0 Å². The smallest absolute Gasteiger partial charge is 0.414 e. The van der Waals surface area contributed by atoms with Crippen molar-refractivity contribution in [3.8, 4) is 0 Å². The number of hydrogen-bond acceptors (Lipinski definition) is 6. The second-order valence-corrected chi connectivity index (χ2v) is 8.16. The number of ketones is 1. The maximum atomic E-state index is 12.4. The van der Waals surface area contributed by atoms with Crippen molar-refractivity contribution in [2.24, 2.45) is 0 Å². The summed E-state index contributed by atoms with van der Waals surface area (Å²) in [5, 5.41) is 2.57. The Bertz CT molecular complexity index is 848. The summed E-state index contributed by atoms with van der Waals surface area (Å²) in [7, 11) is -3.57. The third-order valence-electron chi connectivity index (χ3n) is 4.18. The van der Waals surface area contributed by atoms with Crippen molar-refractivity contribution in [1.29, 1.82) is 0 Å². The van der Waals surface area contributed by atoms with E-state index in [9.17, 15) is 22.8 Å². The summed E-state index contributed by atoms with van der Waals surface area (Å²) in [6.45, 7) is 1.73. The minimum atomic E-state index is -3.57. The molecule has 2 aliphatic heterocycles. The molecule has 1 N–H and O–H groups in total. The van der Waals surface area contributed by atoms with Gasteiger partial charge in [-0.2, -0.15) is 0 Å². The molecule has 0 spiro atoms. The van der Waals surface area contributed by atoms with Crippen LogP contribution in [-0.2, 0) is 19.4 Å². The van der Waals surface area contributed by atoms with Gasteiger partial charge in [0.15, 0.2) is 15.6 Å². The van der Waals surface area contributed by atoms with Crippen LogP contribution in [0.3, 0.4) is 0 Å². The van der Waals surface area contributed by atoms with Crippen LogP contribution < -0.4 is 10.2 Å². The van der Waals surface area contributed by atoms with Gasteiger partial charge in [0, 0.05) is 24.6 Å². The highest BCUT2D eigenvalue weighted by Crippen LogP contribution is 2.30. The predicted octanol–water partition coefficient (Wildman–Crippen LogP) is 0.898. The number of carbonyl (C=O) groups is 3. The second kappa shape index (κ2) is 6.47. The molecule has 1 aromatic carbocycles. The number of nitrogens with one attached hydrogen (secondary N) is 1. The number of fused-ring (bicyclic) bond motifs is 1. The molecule has 0 saturated carbocycles. The van der Waals surface area contributed by atoms with E-state index in [1.165, 1.54) is 24.0 Å². The normalized spacial score (nSPS) is 22.1. The van der Waals surface area contributed by atoms with Gasteiger partial charge in [-0.05, 0) is 24.6 Å². The Morgan fingerprint density at radius 1 is 1.36 bits per heavy atom. The molecule has 25 heavy (non-hydrogen) atoms. The lowest BCUT2D eigenvalue weighted by atomic mass is 10.1. The van der Waals surface area contributed by atoms with Crippen LogP contribution in [0.2, 0.25) is 0 Å². The number of cyclic esters (lactones) is 1. The van der Waals surface area contributed by atoms with Gasteiger partial charge in [0.05, 0.1) is 23.7 Å². The number of benzene rings is 1. The SMILES string of the molecule is CC(=O)NCC1CN(c2ccc3c(c2)S(=O)(=O)CCCC3=O)C(=O)O1. The van der Waals surface area contributed by atoms with Crippen LogP contribution in [0.5, 0.6) is 0 Å². The van der Waals surface area contributed by atoms with Gasteiger partial charge in [-0.25, -0.2) is 13.2 Å². The highest BCUT2D eigenvalue weighted by molar-refractivity contribution is 7.91. The Hall–Kier alpha value is -2.42. The van der Waals surface area contributed by atoms with Crippen LogP contribution in [0, 0.1) is 0 Å². The maximum Gasteiger partial charge on any atom is 0.414 e. The number of carbonyl (C=O) groups excluding carboxylic acids is 3. The van der Waals surface area contributed by atoms with Gasteiger partial charge in [0.2, 0.25) is 5.91 Å². The van der Waals surface area contributed by atoms with Crippen molar-refractivity contribution in [1.82, 2.24) is 5.32 Å². The lowest BCUT2D eigenvalue weighted by Gasteiger charge is -2.15. The van der Waals surface area contributed by atoms with Gasteiger partial charge in [-0.15, -0.1) is 0 Å². The fraction of sp³-hybridized carbons (Fsp3) is 0.438. The molecule has 134 valence electrons. The molecule has 1 unspecified atom stereocenters. The summed E-state index contributed by atoms with van der Waals surface area (Å²) in [4.78, 5) is 36.4. The number of ether oxygens (including phenoxy) is 1. The minimum Gasteiger partial charge on any atom is -0.442 e. The van der Waals surface area contributed by atoms with Crippen LogP contribution in [-0.4, -0.2) is 51.1 Å². The van der Waals surface area contributed by atoms with E-state index in [-0.39, 0.29) is 53.8 Å². The van der Waals surface area contributed by atoms with Gasteiger partial charge >= 0.3 is 6.09 Å². The lowest BCUT2D eigenvalue weighted by molar-refractivity contribution is -0.119. The average Bonchev–Trinajstić information content (AvgIpc) is 2.87. The topological polar surface area (TPSA) is 110 Å². The Labute approximate surface area is 145 Å². The van der Waals surface area contributed by atoms with E-state index in [0.29, 0.717) is 5.69 Å². The molecular formula is C16H18N2O6S. The number of hydrogen-bond donors (Lipinski definition) is 1. The molecule has 1 atom stereocenters. The zero-order chi connectivity index (χ0) is 18.2. The van der Waals surface area contributed by atoms with Crippen LogP contribution in [0.15, 0.2) is 23.1 Å². The van der Waals surface area contributed by atoms with Gasteiger partial charge in [0.1, 0.15) is 6.10 Å². The number of Topliss-reactive ketones (excluding diaryl/α,β-unsaturated/α-hetero) is 1. The number of anilines is 1. The summed E-state index contributed by atoms with van der Waals surface area (Å²) >= 11 is 0. The van der Waals surface area contributed by atoms with Crippen molar-refractivity contribution in [3.05, 3.63) is 23.8 Å². The van der Waals surface area contributed by atoms with Crippen LogP contribution >= 0.6 is 0 Å². The van der Waals surface area contributed by atoms with Crippen molar-refractivity contribution in [2.75, 3.05) is 23.7 Å². The Balaban J connectivity index is 1.89. The standard InChI is InChI=1S/C16H18N2O6S/c1-10(19)17-8-12-9-18(16(21)24-12)11-4-5-13-14(20)3-2-6-25(22,23)15(13)7-11/h4-5,7,12H,2-3,6,8-9H2,1H3,(H,17,19). The van der Waals surface area contributed by atoms with E-state index < -0.39 is 22.0 Å². The maximum absolute atomic E-state index is 12.4. The van der Waals surface area contributed by atoms with Gasteiger partial charge in [-0.1, -0.05) is 0 Å². The molecule has 0 aliphatic carbocycles. The molecule has 0 bridgehead atoms. The minimum absolute atomic E-state index is 0.0365. The number of nitrogens with zero attached hydrogens (tertiary/aromatic N) is 1. The van der Waals surface area contributed by atoms with Crippen molar-refractivity contribution >= 4 is 33.3 Å². The lowest BCUT2D eigenvalue weighted by Crippen LogP contribution is -2.33. The van der Waals surface area contributed by atoms with Crippen molar-refractivity contribution in [2.45, 2.75) is 30.8 Å². The van der Waals surface area contributed by atoms with Gasteiger partial charge < -0.3 is 10.1 Å². The van der Waals surface area contributed by atoms with Crippen molar-refractivity contribution < 1.29 is 27.5 Å². The highest BCUT2D eigenvalue weighted by atomic mass is 32.2. The van der Waals surface area contributed by atoms with Crippen LogP contribution in [0.4, 0.5) is 10.5 Å². The fourth-order valence-corrected chi connectivity index (χ4v) is 4.49. The Morgan fingerprint density at radius 2 is 2.12 bits per heavy atom. The first kappa shape index (κ1) is 17.4. The van der Waals surface area contributed by atoms with E-state index in [1.54, 1.807) is 6.07 Å². The largest absolute Gasteiger partial charge is 0.442 e. The van der Waals surface area contributed by atoms with Crippen LogP contribution in [0.1, 0.15) is 30.1 Å². The molecule has 9 heteroatoms. The Kier molecular flexibility index (Phi) is 4.51. The average molecular weight is 366 g/mol. The predicted molar refractivity (Wildman–Crippen MR) is 88.4 cm³/mol. The van der Waals surface area contributed by atoms with Crippen molar-refractivity contribution in [3.63, 3.8) is 0 Å². The summed E-state index contributed by atoms with van der Waals surface area (Å²) in [6, 6.07) is 4.35. The molecule has 2 aliphatic rings. The van der Waals surface area contributed by atoms with E-state index in [2.05, 4.69) is 5.32 Å². The van der Waals surface area contributed by atoms with E-state index in [1.807, 2.05) is 0 Å². The summed E-state index contributed by atoms with van der Waals surface area (Å²) in [5.74, 6) is -0.538. The molecule has 2 heterocycles. The first-order chi connectivity index (χ1) is 11.8. The van der Waals surface area contributed by atoms with E-state index >= 15 is 0 Å². The number of sulfone groups is 1. The Morgan fingerprint density at radius 3 is 2.84 bits per heavy atom. The zero-order valence-electron chi connectivity index (χ0n) is 13.6. The molecule has 3 rings (SSSR count). The molecular weight excluding hydrogens is 348 g/mol. The van der Waals surface area contributed by atoms with Gasteiger partial charge in [-0.3, -0.25) is 14.5 Å². The molecule has 8 nitrogen and oxygen atoms in total. The highest BCUT2D eigenvalue weighted by Gasteiger charge is 2.34. The fourth-order valence-electron chi connectivity index (χ4n) is 2.93. The quantitative estimate of drug-likeness (QED) is 0.851. The molecule has 1 fully saturated rings. The summed E-state index contributed by atoms with van der Waals surface area (Å²) in [5.41, 5.74) is 0.524. The summed E-state index contributed by atoms with van der Waals surface area (Å²) < 4.78 is 30.0. The first-order valence-corrected chi connectivity index (χ1v) is 9.56. The molecule has 0 radical (unpaired) electrons. The monoisotopic (exact) mass is 366 g/mol.